The van der Waals surface area contributed by atoms with Crippen molar-refractivity contribution in [1.82, 2.24) is 25.2 Å². The van der Waals surface area contributed by atoms with Gasteiger partial charge in [-0.2, -0.15) is 4.31 Å². The van der Waals surface area contributed by atoms with Gasteiger partial charge in [-0.3, -0.25) is 14.9 Å². The number of nitrogens with one attached hydrogen (secondary N) is 3. The third-order valence-electron chi connectivity index (χ3n) is 9.14. The first-order valence-electron chi connectivity index (χ1n) is 17.2. The van der Waals surface area contributed by atoms with E-state index in [2.05, 4.69) is 20.9 Å². The third-order valence-corrected chi connectivity index (χ3v) is 11.8. The number of hydrogen-bond acceptors (Lipinski definition) is 8. The lowest BCUT2D eigenvalue weighted by Gasteiger charge is -2.34. The minimum absolute atomic E-state index is 0.0499. The molecule has 4 N–H and O–H groups in total. The molecule has 2 amide bonds. The van der Waals surface area contributed by atoms with E-state index in [-0.39, 0.29) is 42.7 Å². The molecule has 10 nitrogen and oxygen atoms in total. The van der Waals surface area contributed by atoms with E-state index in [1.165, 1.54) is 33.8 Å². The SMILES string of the molecule is CC(C)CN(C[C@@H](O)[C@H](Cc1ccccc1)NC(=O)[C@@H](NC(=O)CNC1(c2cccc(F)c2)CC1)C(C)(C)C)S(=O)(=O)c1ccc2ncsc2c1. The summed E-state index contributed by atoms with van der Waals surface area (Å²) in [6.45, 7) is 9.10. The van der Waals surface area contributed by atoms with Crippen molar-refractivity contribution >= 4 is 43.4 Å². The quantitative estimate of drug-likeness (QED) is 0.127. The number of amides is 2. The predicted molar refractivity (Wildman–Crippen MR) is 198 cm³/mol. The molecule has 0 radical (unpaired) electrons. The number of rotatable bonds is 16. The van der Waals surface area contributed by atoms with Crippen LogP contribution in [0.25, 0.3) is 10.2 Å². The van der Waals surface area contributed by atoms with Crippen LogP contribution in [0.1, 0.15) is 58.6 Å². The zero-order chi connectivity index (χ0) is 37.0. The van der Waals surface area contributed by atoms with Crippen LogP contribution in [0.3, 0.4) is 0 Å². The number of benzene rings is 3. The number of carbonyl (C=O) groups is 2. The van der Waals surface area contributed by atoms with Crippen LogP contribution in [0.2, 0.25) is 0 Å². The molecule has 13 heteroatoms. The predicted octanol–water partition coefficient (Wildman–Crippen LogP) is 4.98. The lowest BCUT2D eigenvalue weighted by atomic mass is 9.85. The minimum Gasteiger partial charge on any atom is -0.390 e. The Labute approximate surface area is 303 Å². The Balaban J connectivity index is 1.33. The van der Waals surface area contributed by atoms with Crippen LogP contribution in [-0.2, 0) is 31.6 Å². The van der Waals surface area contributed by atoms with Gasteiger partial charge in [0.2, 0.25) is 21.8 Å². The van der Waals surface area contributed by atoms with Crippen LogP contribution in [0, 0.1) is 17.2 Å². The second-order valence-corrected chi connectivity index (χ2v) is 17.7. The zero-order valence-corrected chi connectivity index (χ0v) is 31.4. The molecule has 1 aromatic heterocycles. The molecule has 1 aliphatic carbocycles. The molecule has 4 aromatic rings. The number of aliphatic hydroxyl groups is 1. The summed E-state index contributed by atoms with van der Waals surface area (Å²) in [6, 6.07) is 18.6. The Kier molecular flexibility index (Phi) is 12.0. The number of nitrogens with zero attached hydrogens (tertiary/aromatic N) is 2. The lowest BCUT2D eigenvalue weighted by Crippen LogP contribution is -2.59. The van der Waals surface area contributed by atoms with E-state index in [1.807, 2.05) is 71.0 Å². The molecule has 1 saturated carbocycles. The largest absolute Gasteiger partial charge is 0.390 e. The van der Waals surface area contributed by atoms with Gasteiger partial charge in [-0.05, 0) is 72.1 Å². The summed E-state index contributed by atoms with van der Waals surface area (Å²) in [5, 5.41) is 20.9. The number of fused-ring (bicyclic) bond motifs is 1. The van der Waals surface area contributed by atoms with Crippen LogP contribution in [0.4, 0.5) is 4.39 Å². The second-order valence-electron chi connectivity index (χ2n) is 14.9. The van der Waals surface area contributed by atoms with Gasteiger partial charge in [0.1, 0.15) is 11.9 Å². The van der Waals surface area contributed by atoms with Gasteiger partial charge in [-0.1, -0.05) is 77.1 Å². The molecular formula is C38H48FN5O5S2. The highest BCUT2D eigenvalue weighted by atomic mass is 32.2. The van der Waals surface area contributed by atoms with Crippen molar-refractivity contribution in [2.75, 3.05) is 19.6 Å². The Morgan fingerprint density at radius 2 is 1.73 bits per heavy atom. The smallest absolute Gasteiger partial charge is 0.243 e. The average molecular weight is 738 g/mol. The van der Waals surface area contributed by atoms with Gasteiger partial charge >= 0.3 is 0 Å². The van der Waals surface area contributed by atoms with Gasteiger partial charge < -0.3 is 15.7 Å². The third kappa shape index (κ3) is 9.78. The highest BCUT2D eigenvalue weighted by Gasteiger charge is 2.45. The molecule has 3 aromatic carbocycles. The number of thiazole rings is 1. The van der Waals surface area contributed by atoms with Crippen LogP contribution >= 0.6 is 11.3 Å². The fourth-order valence-corrected chi connectivity index (χ4v) is 8.63. The minimum atomic E-state index is -4.03. The van der Waals surface area contributed by atoms with E-state index in [4.69, 9.17) is 0 Å². The Morgan fingerprint density at radius 1 is 1.00 bits per heavy atom. The van der Waals surface area contributed by atoms with Gasteiger partial charge in [-0.25, -0.2) is 17.8 Å². The molecule has 0 unspecified atom stereocenters. The molecule has 1 heterocycles. The zero-order valence-electron chi connectivity index (χ0n) is 29.7. The van der Waals surface area contributed by atoms with Crippen LogP contribution in [0.15, 0.2) is 83.2 Å². The van der Waals surface area contributed by atoms with Crippen molar-refractivity contribution in [2.45, 2.75) is 82.5 Å². The maximum Gasteiger partial charge on any atom is 0.243 e. The van der Waals surface area contributed by atoms with E-state index >= 15 is 0 Å². The first kappa shape index (κ1) is 38.5. The van der Waals surface area contributed by atoms with Gasteiger partial charge in [-0.15, -0.1) is 11.3 Å². The number of carbonyl (C=O) groups excluding carboxylic acids is 2. The fraction of sp³-hybridized carbons (Fsp3) is 0.447. The standard InChI is InChI=1S/C38H48FN5O5S2/c1-25(2)22-44(51(48,49)29-14-15-30-33(20-29)50-24-40-30)23-32(45)31(18-26-10-7-6-8-11-26)42-36(47)35(37(3,4)5)43-34(46)21-41-38(16-17-38)27-12-9-13-28(39)19-27/h6-15,19-20,24-25,31-32,35,41,45H,16-18,21-23H2,1-5H3,(H,42,47)(H,43,46)/t31-,32+,35+/m0/s1. The number of aliphatic hydroxyl groups excluding tert-OH is 1. The summed E-state index contributed by atoms with van der Waals surface area (Å²) in [5.41, 5.74) is 2.77. The number of sulfonamides is 1. The normalized spacial score (nSPS) is 16.2. The molecule has 51 heavy (non-hydrogen) atoms. The summed E-state index contributed by atoms with van der Waals surface area (Å²) >= 11 is 1.35. The van der Waals surface area contributed by atoms with Crippen molar-refractivity contribution in [3.8, 4) is 0 Å². The lowest BCUT2D eigenvalue weighted by molar-refractivity contribution is -0.132. The molecular weight excluding hydrogens is 690 g/mol. The van der Waals surface area contributed by atoms with Crippen molar-refractivity contribution < 1.29 is 27.5 Å². The van der Waals surface area contributed by atoms with E-state index in [1.54, 1.807) is 23.7 Å². The van der Waals surface area contributed by atoms with Crippen molar-refractivity contribution in [1.29, 1.82) is 0 Å². The summed E-state index contributed by atoms with van der Waals surface area (Å²) in [7, 11) is -4.03. The van der Waals surface area contributed by atoms with Gasteiger partial charge in [0, 0.05) is 18.6 Å². The number of hydrogen-bond donors (Lipinski definition) is 4. The highest BCUT2D eigenvalue weighted by Crippen LogP contribution is 2.45. The maximum atomic E-state index is 14.0. The van der Waals surface area contributed by atoms with Crippen LogP contribution in [0.5, 0.6) is 0 Å². The Hall–Kier alpha value is -3.75. The Morgan fingerprint density at radius 3 is 2.37 bits per heavy atom. The van der Waals surface area contributed by atoms with E-state index in [0.29, 0.717) is 5.52 Å². The van der Waals surface area contributed by atoms with Gasteiger partial charge in [0.05, 0.1) is 39.3 Å². The molecule has 0 spiro atoms. The summed E-state index contributed by atoms with van der Waals surface area (Å²) in [5.74, 6) is -1.30. The first-order chi connectivity index (χ1) is 24.1. The van der Waals surface area contributed by atoms with E-state index in [9.17, 15) is 27.5 Å². The maximum absolute atomic E-state index is 14.0. The monoisotopic (exact) mass is 737 g/mol. The second kappa shape index (κ2) is 15.9. The van der Waals surface area contributed by atoms with E-state index < -0.39 is 51.0 Å². The van der Waals surface area contributed by atoms with Crippen molar-refractivity contribution in [3.63, 3.8) is 0 Å². The topological polar surface area (TPSA) is 141 Å². The van der Waals surface area contributed by atoms with Crippen molar-refractivity contribution in [2.24, 2.45) is 11.3 Å². The summed E-state index contributed by atoms with van der Waals surface area (Å²) in [4.78, 5) is 31.7. The van der Waals surface area contributed by atoms with Gasteiger partial charge in [0.25, 0.3) is 0 Å². The molecule has 0 aliphatic heterocycles. The van der Waals surface area contributed by atoms with Gasteiger partial charge in [0.15, 0.2) is 0 Å². The van der Waals surface area contributed by atoms with E-state index in [0.717, 1.165) is 28.7 Å². The average Bonchev–Trinajstić information content (AvgIpc) is 3.72. The Bertz CT molecular complexity index is 1930. The molecule has 1 aliphatic rings. The molecule has 0 saturated heterocycles. The summed E-state index contributed by atoms with van der Waals surface area (Å²) < 4.78 is 44.0. The van der Waals surface area contributed by atoms with Crippen LogP contribution in [-0.4, -0.2) is 72.4 Å². The molecule has 274 valence electrons. The molecule has 3 atom stereocenters. The number of aromatic nitrogens is 1. The molecule has 5 rings (SSSR count). The van der Waals surface area contributed by atoms with Crippen LogP contribution < -0.4 is 16.0 Å². The summed E-state index contributed by atoms with van der Waals surface area (Å²) in [6.07, 6.45) is 0.442. The highest BCUT2D eigenvalue weighted by molar-refractivity contribution is 7.89. The number of halogens is 1. The fourth-order valence-electron chi connectivity index (χ4n) is 6.19. The molecule has 1 fully saturated rings. The first-order valence-corrected chi connectivity index (χ1v) is 19.6. The van der Waals surface area contributed by atoms with Crippen molar-refractivity contribution in [3.05, 3.63) is 95.3 Å². The molecule has 0 bridgehead atoms.